The molecule has 0 fully saturated rings. The van der Waals surface area contributed by atoms with Crippen LogP contribution in [0.3, 0.4) is 0 Å². The summed E-state index contributed by atoms with van der Waals surface area (Å²) in [6.07, 6.45) is 3.14. The number of hydrogen-bond donors (Lipinski definition) is 1. The third-order valence-corrected chi connectivity index (χ3v) is 3.01. The number of rotatable bonds is 6. The van der Waals surface area contributed by atoms with Crippen molar-refractivity contribution in [2.75, 3.05) is 6.61 Å². The molecule has 5 heteroatoms. The predicted molar refractivity (Wildman–Crippen MR) is 85.9 cm³/mol. The van der Waals surface area contributed by atoms with Gasteiger partial charge in [0, 0.05) is 10.6 Å². The molecule has 112 valence electrons. The molecule has 22 heavy (non-hydrogen) atoms. The molecule has 0 radical (unpaired) electrons. The van der Waals surface area contributed by atoms with E-state index in [1.54, 1.807) is 42.5 Å². The molecule has 1 amide bonds. The molecular formula is C17H14ClNO3. The normalized spacial score (nSPS) is 10.6. The number of benzene rings is 2. The molecule has 0 saturated carbocycles. The lowest BCUT2D eigenvalue weighted by Gasteiger charge is -2.04. The third-order valence-electron chi connectivity index (χ3n) is 2.78. The summed E-state index contributed by atoms with van der Waals surface area (Å²) in [5.41, 5.74) is 6.30. The van der Waals surface area contributed by atoms with Crippen LogP contribution in [0.4, 0.5) is 0 Å². The van der Waals surface area contributed by atoms with Gasteiger partial charge in [-0.2, -0.15) is 0 Å². The Morgan fingerprint density at radius 1 is 1.14 bits per heavy atom. The quantitative estimate of drug-likeness (QED) is 0.658. The lowest BCUT2D eigenvalue weighted by Crippen LogP contribution is -2.20. The van der Waals surface area contributed by atoms with Crippen molar-refractivity contribution < 1.29 is 14.3 Å². The Kier molecular flexibility index (Phi) is 5.33. The lowest BCUT2D eigenvalue weighted by atomic mass is 10.1. The van der Waals surface area contributed by atoms with Gasteiger partial charge in [-0.05, 0) is 35.9 Å². The molecule has 0 aromatic heterocycles. The number of halogens is 1. The maximum absolute atomic E-state index is 12.1. The van der Waals surface area contributed by atoms with E-state index in [0.717, 1.165) is 5.56 Å². The minimum atomic E-state index is -0.572. The molecule has 2 aromatic rings. The first kappa shape index (κ1) is 15.8. The number of carbonyl (C=O) groups is 2. The number of nitrogens with two attached hydrogens (primary N) is 1. The molecule has 0 aliphatic carbocycles. The number of carbonyl (C=O) groups excluding carboxylic acids is 2. The Hall–Kier alpha value is -2.59. The molecule has 0 saturated heterocycles. The van der Waals surface area contributed by atoms with Crippen molar-refractivity contribution in [1.82, 2.24) is 0 Å². The highest BCUT2D eigenvalue weighted by Gasteiger charge is 2.04. The van der Waals surface area contributed by atoms with Crippen molar-refractivity contribution in [2.45, 2.75) is 0 Å². The molecule has 0 atom stereocenters. The summed E-state index contributed by atoms with van der Waals surface area (Å²) in [6.45, 7) is -0.226. The first-order valence-corrected chi connectivity index (χ1v) is 6.91. The zero-order valence-corrected chi connectivity index (χ0v) is 12.4. The zero-order chi connectivity index (χ0) is 15.9. The van der Waals surface area contributed by atoms with E-state index in [2.05, 4.69) is 0 Å². The summed E-state index contributed by atoms with van der Waals surface area (Å²) in [5, 5.41) is 0.608. The molecule has 0 unspecified atom stereocenters. The van der Waals surface area contributed by atoms with Gasteiger partial charge >= 0.3 is 0 Å². The molecule has 0 aliphatic heterocycles. The highest BCUT2D eigenvalue weighted by molar-refractivity contribution is 6.30. The number of allylic oxidation sites excluding steroid dienone is 1. The van der Waals surface area contributed by atoms with Crippen LogP contribution in [-0.2, 0) is 4.79 Å². The summed E-state index contributed by atoms with van der Waals surface area (Å²) in [5.74, 6) is -0.331. The number of primary amides is 1. The summed E-state index contributed by atoms with van der Waals surface area (Å²) in [6, 6.07) is 13.7. The SMILES string of the molecule is NC(=O)COc1cccc(C(=O)/C=C/c2cccc(Cl)c2)c1. The van der Waals surface area contributed by atoms with Gasteiger partial charge in [0.15, 0.2) is 12.4 Å². The Morgan fingerprint density at radius 2 is 1.91 bits per heavy atom. The van der Waals surface area contributed by atoms with Gasteiger partial charge in [-0.1, -0.05) is 41.9 Å². The standard InChI is InChI=1S/C17H14ClNO3/c18-14-5-1-3-12(9-14)7-8-16(20)13-4-2-6-15(10-13)22-11-17(19)21/h1-10H,11H2,(H2,19,21)/b8-7+. The van der Waals surface area contributed by atoms with Crippen molar-refractivity contribution in [3.05, 3.63) is 70.8 Å². The lowest BCUT2D eigenvalue weighted by molar-refractivity contribution is -0.119. The summed E-state index contributed by atoms with van der Waals surface area (Å²) >= 11 is 5.89. The molecule has 0 aliphatic rings. The van der Waals surface area contributed by atoms with Gasteiger partial charge in [0.1, 0.15) is 5.75 Å². The minimum absolute atomic E-state index is 0.176. The van der Waals surface area contributed by atoms with Crippen molar-refractivity contribution in [3.63, 3.8) is 0 Å². The van der Waals surface area contributed by atoms with Gasteiger partial charge in [0.2, 0.25) is 0 Å². The average molecular weight is 316 g/mol. The maximum Gasteiger partial charge on any atom is 0.255 e. The van der Waals surface area contributed by atoms with E-state index in [4.69, 9.17) is 22.1 Å². The summed E-state index contributed by atoms with van der Waals surface area (Å²) in [7, 11) is 0. The molecule has 2 N–H and O–H groups in total. The van der Waals surface area contributed by atoms with Crippen LogP contribution < -0.4 is 10.5 Å². The molecule has 0 heterocycles. The van der Waals surface area contributed by atoms with E-state index < -0.39 is 5.91 Å². The smallest absolute Gasteiger partial charge is 0.255 e. The van der Waals surface area contributed by atoms with Crippen LogP contribution in [0, 0.1) is 0 Å². The van der Waals surface area contributed by atoms with Crippen LogP contribution in [0.5, 0.6) is 5.75 Å². The van der Waals surface area contributed by atoms with Crippen molar-refractivity contribution in [2.24, 2.45) is 5.73 Å². The second kappa shape index (κ2) is 7.43. The largest absolute Gasteiger partial charge is 0.484 e. The highest BCUT2D eigenvalue weighted by atomic mass is 35.5. The average Bonchev–Trinajstić information content (AvgIpc) is 2.51. The van der Waals surface area contributed by atoms with Crippen LogP contribution in [-0.4, -0.2) is 18.3 Å². The van der Waals surface area contributed by atoms with E-state index in [1.807, 2.05) is 12.1 Å². The fourth-order valence-electron chi connectivity index (χ4n) is 1.77. The van der Waals surface area contributed by atoms with E-state index in [1.165, 1.54) is 6.08 Å². The topological polar surface area (TPSA) is 69.4 Å². The molecule has 0 bridgehead atoms. The molecule has 2 aromatic carbocycles. The predicted octanol–water partition coefficient (Wildman–Crippen LogP) is 3.10. The fourth-order valence-corrected chi connectivity index (χ4v) is 1.97. The van der Waals surface area contributed by atoms with Crippen molar-refractivity contribution in [1.29, 1.82) is 0 Å². The van der Waals surface area contributed by atoms with Gasteiger partial charge < -0.3 is 10.5 Å². The molecule has 4 nitrogen and oxygen atoms in total. The minimum Gasteiger partial charge on any atom is -0.484 e. The van der Waals surface area contributed by atoms with Crippen LogP contribution >= 0.6 is 11.6 Å². The Bertz CT molecular complexity index is 725. The van der Waals surface area contributed by atoms with Crippen LogP contribution in [0.1, 0.15) is 15.9 Å². The Balaban J connectivity index is 2.09. The maximum atomic E-state index is 12.1. The Morgan fingerprint density at radius 3 is 2.64 bits per heavy atom. The van der Waals surface area contributed by atoms with Crippen LogP contribution in [0.2, 0.25) is 5.02 Å². The second-order valence-corrected chi connectivity index (χ2v) is 4.97. The first-order chi connectivity index (χ1) is 10.5. The molecular weight excluding hydrogens is 302 g/mol. The van der Waals surface area contributed by atoms with Gasteiger partial charge in [0.25, 0.3) is 5.91 Å². The zero-order valence-electron chi connectivity index (χ0n) is 11.7. The van der Waals surface area contributed by atoms with Gasteiger partial charge in [0.05, 0.1) is 0 Å². The van der Waals surface area contributed by atoms with E-state index in [-0.39, 0.29) is 12.4 Å². The first-order valence-electron chi connectivity index (χ1n) is 6.54. The third kappa shape index (κ3) is 4.75. The van der Waals surface area contributed by atoms with Crippen molar-refractivity contribution >= 4 is 29.4 Å². The number of amides is 1. The summed E-state index contributed by atoms with van der Waals surface area (Å²) in [4.78, 5) is 22.8. The van der Waals surface area contributed by atoms with E-state index in [9.17, 15) is 9.59 Å². The number of hydrogen-bond acceptors (Lipinski definition) is 3. The second-order valence-electron chi connectivity index (χ2n) is 4.54. The summed E-state index contributed by atoms with van der Waals surface area (Å²) < 4.78 is 5.17. The monoisotopic (exact) mass is 315 g/mol. The molecule has 2 rings (SSSR count). The van der Waals surface area contributed by atoms with Crippen LogP contribution in [0.15, 0.2) is 54.6 Å². The highest BCUT2D eigenvalue weighted by Crippen LogP contribution is 2.16. The van der Waals surface area contributed by atoms with Gasteiger partial charge in [-0.25, -0.2) is 0 Å². The van der Waals surface area contributed by atoms with E-state index >= 15 is 0 Å². The number of ether oxygens (including phenoxy) is 1. The van der Waals surface area contributed by atoms with Crippen LogP contribution in [0.25, 0.3) is 6.08 Å². The number of ketones is 1. The molecule has 0 spiro atoms. The van der Waals surface area contributed by atoms with E-state index in [0.29, 0.717) is 16.3 Å². The van der Waals surface area contributed by atoms with Gasteiger partial charge in [-0.3, -0.25) is 9.59 Å². The van der Waals surface area contributed by atoms with Crippen molar-refractivity contribution in [3.8, 4) is 5.75 Å². The fraction of sp³-hybridized carbons (Fsp3) is 0.0588. The Labute approximate surface area is 133 Å². The van der Waals surface area contributed by atoms with Gasteiger partial charge in [-0.15, -0.1) is 0 Å².